The summed E-state index contributed by atoms with van der Waals surface area (Å²) in [5.41, 5.74) is 4.99. The number of hydrogen-bond acceptors (Lipinski definition) is 4. The van der Waals surface area contributed by atoms with Crippen LogP contribution in [0.5, 0.6) is 0 Å². The molecule has 0 saturated heterocycles. The van der Waals surface area contributed by atoms with E-state index in [9.17, 15) is 9.59 Å². The van der Waals surface area contributed by atoms with Gasteiger partial charge in [0.25, 0.3) is 11.8 Å². The van der Waals surface area contributed by atoms with E-state index in [0.717, 1.165) is 22.3 Å². The van der Waals surface area contributed by atoms with Gasteiger partial charge in [0.2, 0.25) is 0 Å². The Morgan fingerprint density at radius 3 is 2.32 bits per heavy atom. The Hall–Kier alpha value is -2.92. The molecule has 0 radical (unpaired) electrons. The van der Waals surface area contributed by atoms with Crippen LogP contribution in [0, 0.1) is 13.8 Å². The first kappa shape index (κ1) is 19.8. The number of amides is 2. The zero-order chi connectivity index (χ0) is 20.3. The third-order valence-electron chi connectivity index (χ3n) is 5.10. The van der Waals surface area contributed by atoms with E-state index >= 15 is 0 Å². The number of likely N-dealkylation sites (N-methyl/N-ethyl adjacent to an activating group) is 1. The molecule has 0 fully saturated rings. The molecule has 0 N–H and O–H groups in total. The normalized spacial score (nSPS) is 14.2. The van der Waals surface area contributed by atoms with Crippen LogP contribution in [-0.4, -0.2) is 48.9 Å². The van der Waals surface area contributed by atoms with E-state index in [1.807, 2.05) is 74.3 Å². The zero-order valence-electron chi connectivity index (χ0n) is 16.9. The van der Waals surface area contributed by atoms with Gasteiger partial charge in [-0.1, -0.05) is 48.5 Å². The van der Waals surface area contributed by atoms with E-state index in [1.54, 1.807) is 7.11 Å². The van der Waals surface area contributed by atoms with E-state index < -0.39 is 0 Å². The van der Waals surface area contributed by atoms with Crippen LogP contribution in [0.2, 0.25) is 0 Å². The van der Waals surface area contributed by atoms with Gasteiger partial charge in [0.15, 0.2) is 0 Å². The average Bonchev–Trinajstić information content (AvgIpc) is 2.93. The molecule has 0 bridgehead atoms. The van der Waals surface area contributed by atoms with Crippen LogP contribution in [-0.2, 0) is 20.9 Å². The van der Waals surface area contributed by atoms with E-state index in [4.69, 9.17) is 4.74 Å². The summed E-state index contributed by atoms with van der Waals surface area (Å²) in [5, 5.41) is 0. The Bertz CT molecular complexity index is 919. The van der Waals surface area contributed by atoms with Crippen LogP contribution in [0.25, 0.3) is 5.57 Å². The van der Waals surface area contributed by atoms with Crippen LogP contribution in [0.1, 0.15) is 22.3 Å². The van der Waals surface area contributed by atoms with E-state index in [1.165, 1.54) is 4.90 Å². The first-order chi connectivity index (χ1) is 13.4. The number of imide groups is 1. The fraction of sp³-hybridized carbons (Fsp3) is 0.304. The number of carbonyl (C=O) groups is 2. The van der Waals surface area contributed by atoms with Crippen molar-refractivity contribution >= 4 is 17.4 Å². The predicted octanol–water partition coefficient (Wildman–Crippen LogP) is 3.16. The summed E-state index contributed by atoms with van der Waals surface area (Å²) < 4.78 is 5.09. The van der Waals surface area contributed by atoms with Crippen molar-refractivity contribution in [3.63, 3.8) is 0 Å². The Morgan fingerprint density at radius 2 is 1.68 bits per heavy atom. The highest BCUT2D eigenvalue weighted by molar-refractivity contribution is 6.35. The molecule has 5 nitrogen and oxygen atoms in total. The lowest BCUT2D eigenvalue weighted by Gasteiger charge is -2.21. The molecule has 5 heteroatoms. The quantitative estimate of drug-likeness (QED) is 0.695. The SMILES string of the molecule is COCCN1C(=O)C(c2ccc(C)c(C)c2)=C(N(C)Cc2ccccc2)C1=O. The largest absolute Gasteiger partial charge is 0.383 e. The smallest absolute Gasteiger partial charge is 0.277 e. The molecule has 1 heterocycles. The van der Waals surface area contributed by atoms with Crippen LogP contribution in [0.3, 0.4) is 0 Å². The van der Waals surface area contributed by atoms with Crippen molar-refractivity contribution in [1.29, 1.82) is 0 Å². The fourth-order valence-corrected chi connectivity index (χ4v) is 3.40. The molecule has 28 heavy (non-hydrogen) atoms. The molecule has 0 unspecified atom stereocenters. The van der Waals surface area contributed by atoms with Gasteiger partial charge in [-0.05, 0) is 36.1 Å². The number of aryl methyl sites for hydroxylation is 2. The Labute approximate surface area is 166 Å². The van der Waals surface area contributed by atoms with Gasteiger partial charge in [-0.25, -0.2) is 0 Å². The van der Waals surface area contributed by atoms with Gasteiger partial charge in [0, 0.05) is 20.7 Å². The van der Waals surface area contributed by atoms with E-state index in [0.29, 0.717) is 24.4 Å². The third kappa shape index (κ3) is 3.85. The molecule has 3 rings (SSSR count). The van der Waals surface area contributed by atoms with Crippen LogP contribution < -0.4 is 0 Å². The lowest BCUT2D eigenvalue weighted by molar-refractivity contribution is -0.138. The van der Waals surface area contributed by atoms with Crippen molar-refractivity contribution in [1.82, 2.24) is 9.80 Å². The number of benzene rings is 2. The van der Waals surface area contributed by atoms with Gasteiger partial charge in [0.1, 0.15) is 5.70 Å². The van der Waals surface area contributed by atoms with Gasteiger partial charge in [-0.15, -0.1) is 0 Å². The number of ether oxygens (including phenoxy) is 1. The maximum atomic E-state index is 13.2. The molecule has 0 saturated carbocycles. The van der Waals surface area contributed by atoms with Crippen molar-refractivity contribution in [2.24, 2.45) is 0 Å². The molecule has 2 amide bonds. The molecule has 0 atom stereocenters. The topological polar surface area (TPSA) is 49.9 Å². The first-order valence-corrected chi connectivity index (χ1v) is 9.36. The fourth-order valence-electron chi connectivity index (χ4n) is 3.40. The second-order valence-corrected chi connectivity index (χ2v) is 7.12. The molecule has 0 spiro atoms. The second-order valence-electron chi connectivity index (χ2n) is 7.12. The molecule has 2 aromatic rings. The number of rotatable bonds is 7. The van der Waals surface area contributed by atoms with Crippen molar-refractivity contribution in [3.8, 4) is 0 Å². The number of carbonyl (C=O) groups excluding carboxylic acids is 2. The van der Waals surface area contributed by atoms with Crippen molar-refractivity contribution in [3.05, 3.63) is 76.5 Å². The predicted molar refractivity (Wildman–Crippen MR) is 109 cm³/mol. The Morgan fingerprint density at radius 1 is 0.964 bits per heavy atom. The Kier molecular flexibility index (Phi) is 5.95. The number of methoxy groups -OCH3 is 1. The van der Waals surface area contributed by atoms with Gasteiger partial charge < -0.3 is 9.64 Å². The van der Waals surface area contributed by atoms with Crippen LogP contribution >= 0.6 is 0 Å². The molecule has 0 aromatic heterocycles. The lowest BCUT2D eigenvalue weighted by atomic mass is 9.99. The summed E-state index contributed by atoms with van der Waals surface area (Å²) >= 11 is 0. The third-order valence-corrected chi connectivity index (χ3v) is 5.10. The standard InChI is InChI=1S/C23H26N2O3/c1-16-10-11-19(14-17(16)2)20-21(23(27)25(22(20)26)12-13-28-4)24(3)15-18-8-6-5-7-9-18/h5-11,14H,12-13,15H2,1-4H3. The average molecular weight is 378 g/mol. The van der Waals surface area contributed by atoms with Gasteiger partial charge in [-0.2, -0.15) is 0 Å². The lowest BCUT2D eigenvalue weighted by Crippen LogP contribution is -2.36. The van der Waals surface area contributed by atoms with Crippen LogP contribution in [0.4, 0.5) is 0 Å². The van der Waals surface area contributed by atoms with Gasteiger partial charge >= 0.3 is 0 Å². The molecular weight excluding hydrogens is 352 g/mol. The van der Waals surface area contributed by atoms with Crippen molar-refractivity contribution in [2.75, 3.05) is 27.3 Å². The highest BCUT2D eigenvalue weighted by atomic mass is 16.5. The minimum absolute atomic E-state index is 0.241. The second kappa shape index (κ2) is 8.40. The highest BCUT2D eigenvalue weighted by Gasteiger charge is 2.40. The minimum Gasteiger partial charge on any atom is -0.383 e. The van der Waals surface area contributed by atoms with Gasteiger partial charge in [0.05, 0.1) is 18.7 Å². The monoisotopic (exact) mass is 378 g/mol. The summed E-state index contributed by atoms with van der Waals surface area (Å²) in [6.07, 6.45) is 0. The zero-order valence-corrected chi connectivity index (χ0v) is 16.9. The van der Waals surface area contributed by atoms with E-state index in [2.05, 4.69) is 0 Å². The van der Waals surface area contributed by atoms with Gasteiger partial charge in [-0.3, -0.25) is 14.5 Å². The maximum Gasteiger partial charge on any atom is 0.277 e. The van der Waals surface area contributed by atoms with E-state index in [-0.39, 0.29) is 18.4 Å². The van der Waals surface area contributed by atoms with Crippen LogP contribution in [0.15, 0.2) is 54.2 Å². The first-order valence-electron chi connectivity index (χ1n) is 9.36. The Balaban J connectivity index is 2.04. The van der Waals surface area contributed by atoms with Crippen molar-refractivity contribution in [2.45, 2.75) is 20.4 Å². The van der Waals surface area contributed by atoms with Crippen molar-refractivity contribution < 1.29 is 14.3 Å². The highest BCUT2D eigenvalue weighted by Crippen LogP contribution is 2.32. The molecule has 146 valence electrons. The summed E-state index contributed by atoms with van der Waals surface area (Å²) in [6, 6.07) is 15.8. The number of hydrogen-bond donors (Lipinski definition) is 0. The molecular formula is C23H26N2O3. The summed E-state index contributed by atoms with van der Waals surface area (Å²) in [7, 11) is 3.42. The molecule has 2 aromatic carbocycles. The summed E-state index contributed by atoms with van der Waals surface area (Å²) in [5.74, 6) is -0.533. The number of nitrogens with zero attached hydrogens (tertiary/aromatic N) is 2. The minimum atomic E-state index is -0.270. The summed E-state index contributed by atoms with van der Waals surface area (Å²) in [4.78, 5) is 29.4. The molecule has 1 aliphatic rings. The molecule has 0 aliphatic carbocycles. The summed E-state index contributed by atoms with van der Waals surface area (Å²) in [6.45, 7) is 5.14. The maximum absolute atomic E-state index is 13.2. The molecule has 1 aliphatic heterocycles.